The van der Waals surface area contributed by atoms with E-state index in [2.05, 4.69) is 39.8 Å². The van der Waals surface area contributed by atoms with Gasteiger partial charge in [0.1, 0.15) is 11.9 Å². The number of carbonyl (C=O) groups is 1. The van der Waals surface area contributed by atoms with Gasteiger partial charge in [0.05, 0.1) is 17.8 Å². The summed E-state index contributed by atoms with van der Waals surface area (Å²) in [6.07, 6.45) is 13.0. The zero-order valence-corrected chi connectivity index (χ0v) is 22.7. The number of phenols is 1. The van der Waals surface area contributed by atoms with Gasteiger partial charge in [-0.05, 0) is 87.6 Å². The van der Waals surface area contributed by atoms with Gasteiger partial charge in [-0.1, -0.05) is 43.7 Å². The van der Waals surface area contributed by atoms with E-state index in [0.29, 0.717) is 41.4 Å². The van der Waals surface area contributed by atoms with Crippen LogP contribution < -0.4 is 0 Å². The zero-order valence-electron chi connectivity index (χ0n) is 22.7. The predicted molar refractivity (Wildman–Crippen MR) is 143 cm³/mol. The minimum absolute atomic E-state index is 0.0754. The topological polar surface area (TPSA) is 65.0 Å². The molecule has 3 heterocycles. The molecule has 1 aromatic rings. The van der Waals surface area contributed by atoms with Crippen LogP contribution in [-0.2, 0) is 14.2 Å². The molecule has 6 atom stereocenters. The summed E-state index contributed by atoms with van der Waals surface area (Å²) in [6.45, 7) is 12.5. The van der Waals surface area contributed by atoms with Gasteiger partial charge in [0.2, 0.25) is 0 Å². The Bertz CT molecular complexity index is 1070. The predicted octanol–water partition coefficient (Wildman–Crippen LogP) is 7.27. The third-order valence-electron chi connectivity index (χ3n) is 8.04. The Labute approximate surface area is 216 Å². The lowest BCUT2D eigenvalue weighted by Gasteiger charge is -2.49. The number of ether oxygens (including phenoxy) is 3. The van der Waals surface area contributed by atoms with Crippen LogP contribution in [0.3, 0.4) is 0 Å². The standard InChI is InChI=1S/C31H42O5/c1-19-8-7-9-22(4)27-17-29(32)23(5)15-28(27)30(33)34-26-16-25(11-10-20(2)14-19)36-31(18-26)13-12-21(3)24(6)35-31/h7-10,15,17,19,21,24-26,32H,11-14,16,18H2,1-6H3/t19-,21+,24+,25+,26+,31+/m1/s1. The van der Waals surface area contributed by atoms with Crippen LogP contribution in [0.2, 0.25) is 0 Å². The zero-order chi connectivity index (χ0) is 26.0. The van der Waals surface area contributed by atoms with Gasteiger partial charge in [0, 0.05) is 19.3 Å². The number of aryl methyl sites for hydroxylation is 1. The van der Waals surface area contributed by atoms with Gasteiger partial charge in [0.25, 0.3) is 0 Å². The highest BCUT2D eigenvalue weighted by molar-refractivity contribution is 5.96. The lowest BCUT2D eigenvalue weighted by molar-refractivity contribution is -0.331. The number of phenolic OH excluding ortho intramolecular Hbond substituents is 1. The first-order valence-corrected chi connectivity index (χ1v) is 13.5. The van der Waals surface area contributed by atoms with Gasteiger partial charge in [0.15, 0.2) is 5.79 Å². The molecule has 0 aromatic heterocycles. The van der Waals surface area contributed by atoms with E-state index < -0.39 is 5.79 Å². The maximum absolute atomic E-state index is 13.6. The molecule has 5 heteroatoms. The Morgan fingerprint density at radius 2 is 1.81 bits per heavy atom. The number of aromatic hydroxyl groups is 1. The van der Waals surface area contributed by atoms with Crippen LogP contribution >= 0.6 is 0 Å². The lowest BCUT2D eigenvalue weighted by atomic mass is 9.86. The van der Waals surface area contributed by atoms with Crippen LogP contribution in [0.25, 0.3) is 5.57 Å². The number of rotatable bonds is 0. The normalized spacial score (nSPS) is 33.9. The Morgan fingerprint density at radius 3 is 2.56 bits per heavy atom. The SMILES string of the molecule is CC1=CC[C@H]2C[C@@H](C[C@]3(CC[C@H](C)[C@H](C)O3)O2)OC(=O)c2cc(C)c(O)cc2C(C)=CC=C[C@@H](C)C1. The maximum atomic E-state index is 13.6. The fourth-order valence-corrected chi connectivity index (χ4v) is 5.67. The van der Waals surface area contributed by atoms with Crippen molar-refractivity contribution in [2.24, 2.45) is 11.8 Å². The second-order valence-electron chi connectivity index (χ2n) is 11.3. The number of hydrogen-bond acceptors (Lipinski definition) is 5. The van der Waals surface area contributed by atoms with E-state index in [1.54, 1.807) is 19.1 Å². The van der Waals surface area contributed by atoms with Gasteiger partial charge in [-0.2, -0.15) is 0 Å². The molecule has 1 spiro atoms. The highest BCUT2D eigenvalue weighted by Gasteiger charge is 2.47. The van der Waals surface area contributed by atoms with E-state index in [9.17, 15) is 9.90 Å². The first-order chi connectivity index (χ1) is 17.0. The summed E-state index contributed by atoms with van der Waals surface area (Å²) < 4.78 is 19.3. The van der Waals surface area contributed by atoms with Crippen molar-refractivity contribution in [3.8, 4) is 5.75 Å². The smallest absolute Gasteiger partial charge is 0.339 e. The van der Waals surface area contributed by atoms with Crippen LogP contribution in [0.4, 0.5) is 0 Å². The monoisotopic (exact) mass is 494 g/mol. The highest BCUT2D eigenvalue weighted by atomic mass is 16.7. The largest absolute Gasteiger partial charge is 0.508 e. The summed E-state index contributed by atoms with van der Waals surface area (Å²) in [5.41, 5.74) is 4.05. The Balaban J connectivity index is 1.72. The fourth-order valence-electron chi connectivity index (χ4n) is 5.67. The molecule has 0 aliphatic carbocycles. The van der Waals surface area contributed by atoms with E-state index in [-0.39, 0.29) is 30.0 Å². The lowest BCUT2D eigenvalue weighted by Crippen LogP contribution is -2.53. The molecule has 0 radical (unpaired) electrons. The first-order valence-electron chi connectivity index (χ1n) is 13.5. The van der Waals surface area contributed by atoms with Crippen molar-refractivity contribution in [1.82, 2.24) is 0 Å². The number of carbonyl (C=O) groups excluding carboxylic acids is 1. The number of benzene rings is 1. The van der Waals surface area contributed by atoms with Crippen LogP contribution in [0.1, 0.15) is 94.6 Å². The number of hydrogen-bond donors (Lipinski definition) is 1. The summed E-state index contributed by atoms with van der Waals surface area (Å²) in [6, 6.07) is 3.41. The van der Waals surface area contributed by atoms with Gasteiger partial charge >= 0.3 is 5.97 Å². The molecule has 2 saturated heterocycles. The molecule has 1 aromatic carbocycles. The molecule has 2 fully saturated rings. The van der Waals surface area contributed by atoms with E-state index in [1.807, 2.05) is 19.1 Å². The van der Waals surface area contributed by atoms with E-state index in [4.69, 9.17) is 14.2 Å². The van der Waals surface area contributed by atoms with Crippen molar-refractivity contribution in [3.63, 3.8) is 0 Å². The molecule has 1 N–H and O–H groups in total. The molecule has 0 saturated carbocycles. The molecular formula is C31H42O5. The molecule has 3 aliphatic heterocycles. The molecule has 3 aliphatic rings. The van der Waals surface area contributed by atoms with E-state index in [1.165, 1.54) is 5.57 Å². The average Bonchev–Trinajstić information content (AvgIpc) is 2.81. The minimum atomic E-state index is -0.716. The molecule has 36 heavy (non-hydrogen) atoms. The number of fused-ring (bicyclic) bond motifs is 3. The van der Waals surface area contributed by atoms with Crippen LogP contribution in [0.15, 0.2) is 42.0 Å². The molecular weight excluding hydrogens is 452 g/mol. The molecule has 0 unspecified atom stereocenters. The fraction of sp³-hybridized carbons (Fsp3) is 0.581. The van der Waals surface area contributed by atoms with Crippen molar-refractivity contribution < 1.29 is 24.1 Å². The summed E-state index contributed by atoms with van der Waals surface area (Å²) in [5.74, 6) is -0.0581. The molecule has 2 bridgehead atoms. The van der Waals surface area contributed by atoms with Crippen LogP contribution in [0.5, 0.6) is 5.75 Å². The number of allylic oxidation sites excluding steroid dienone is 5. The average molecular weight is 495 g/mol. The minimum Gasteiger partial charge on any atom is -0.508 e. The molecule has 196 valence electrons. The Kier molecular flexibility index (Phi) is 8.11. The molecule has 0 amide bonds. The summed E-state index contributed by atoms with van der Waals surface area (Å²) in [5, 5.41) is 10.4. The maximum Gasteiger partial charge on any atom is 0.339 e. The molecule has 4 rings (SSSR count). The van der Waals surface area contributed by atoms with Crippen molar-refractivity contribution in [2.45, 2.75) is 104 Å². The van der Waals surface area contributed by atoms with Crippen molar-refractivity contribution in [1.29, 1.82) is 0 Å². The Hall–Kier alpha value is -2.37. The van der Waals surface area contributed by atoms with Crippen LogP contribution in [-0.4, -0.2) is 35.2 Å². The third kappa shape index (κ3) is 6.12. The molecule has 5 nitrogen and oxygen atoms in total. The van der Waals surface area contributed by atoms with Crippen molar-refractivity contribution in [3.05, 3.63) is 58.7 Å². The van der Waals surface area contributed by atoms with Gasteiger partial charge in [-0.3, -0.25) is 0 Å². The quantitative estimate of drug-likeness (QED) is 0.303. The van der Waals surface area contributed by atoms with E-state index >= 15 is 0 Å². The highest BCUT2D eigenvalue weighted by Crippen LogP contribution is 2.43. The van der Waals surface area contributed by atoms with Gasteiger partial charge in [-0.25, -0.2) is 4.79 Å². The van der Waals surface area contributed by atoms with Gasteiger partial charge < -0.3 is 19.3 Å². The van der Waals surface area contributed by atoms with Gasteiger partial charge in [-0.15, -0.1) is 0 Å². The summed E-state index contributed by atoms with van der Waals surface area (Å²) >= 11 is 0. The van der Waals surface area contributed by atoms with Crippen LogP contribution in [0, 0.1) is 18.8 Å². The summed E-state index contributed by atoms with van der Waals surface area (Å²) in [4.78, 5) is 13.6. The third-order valence-corrected chi connectivity index (χ3v) is 8.04. The van der Waals surface area contributed by atoms with Crippen molar-refractivity contribution in [2.75, 3.05) is 0 Å². The first kappa shape index (κ1) is 26.7. The number of esters is 1. The van der Waals surface area contributed by atoms with Crippen molar-refractivity contribution >= 4 is 11.5 Å². The van der Waals surface area contributed by atoms with E-state index in [0.717, 1.165) is 31.3 Å². The second-order valence-corrected chi connectivity index (χ2v) is 11.3. The summed E-state index contributed by atoms with van der Waals surface area (Å²) in [7, 11) is 0. The second kappa shape index (κ2) is 10.9. The Morgan fingerprint density at radius 1 is 1.03 bits per heavy atom.